The van der Waals surface area contributed by atoms with Crippen molar-refractivity contribution in [3.63, 3.8) is 0 Å². The lowest BCUT2D eigenvalue weighted by Gasteiger charge is -2.16. The maximum Gasteiger partial charge on any atom is 0.222 e. The van der Waals surface area contributed by atoms with Crippen LogP contribution in [0.25, 0.3) is 22.4 Å². The van der Waals surface area contributed by atoms with Gasteiger partial charge >= 0.3 is 0 Å². The second kappa shape index (κ2) is 10.4. The molecule has 0 radical (unpaired) electrons. The Morgan fingerprint density at radius 2 is 1.63 bits per heavy atom. The molecule has 178 valence electrons. The van der Waals surface area contributed by atoms with Crippen molar-refractivity contribution in [2.75, 3.05) is 13.1 Å². The van der Waals surface area contributed by atoms with Gasteiger partial charge in [0.25, 0.3) is 0 Å². The van der Waals surface area contributed by atoms with Crippen LogP contribution >= 0.6 is 11.3 Å². The number of hydrogen-bond acceptors (Lipinski definition) is 3. The van der Waals surface area contributed by atoms with Gasteiger partial charge in [-0.2, -0.15) is 0 Å². The van der Waals surface area contributed by atoms with Crippen molar-refractivity contribution in [3.05, 3.63) is 94.6 Å². The Morgan fingerprint density at radius 3 is 2.34 bits per heavy atom. The molecule has 1 aromatic heterocycles. The van der Waals surface area contributed by atoms with Gasteiger partial charge in [0.05, 0.1) is 5.69 Å². The SMILES string of the molecule is O=C1CCCN1CCCn1c(-c2ccc(-c3ccccc3)cc2)csc1=Nc1ccc(F)cc1F. The number of hydrogen-bond donors (Lipinski definition) is 0. The van der Waals surface area contributed by atoms with Crippen LogP contribution in [0, 0.1) is 11.6 Å². The molecule has 0 spiro atoms. The highest BCUT2D eigenvalue weighted by atomic mass is 32.1. The minimum absolute atomic E-state index is 0.0997. The summed E-state index contributed by atoms with van der Waals surface area (Å²) in [7, 11) is 0. The molecule has 1 amide bonds. The second-order valence-corrected chi connectivity index (χ2v) is 9.38. The van der Waals surface area contributed by atoms with Crippen molar-refractivity contribution in [1.82, 2.24) is 9.47 Å². The highest BCUT2D eigenvalue weighted by molar-refractivity contribution is 7.07. The van der Waals surface area contributed by atoms with E-state index in [2.05, 4.69) is 46.0 Å². The van der Waals surface area contributed by atoms with Gasteiger partial charge in [0.2, 0.25) is 5.91 Å². The minimum atomic E-state index is -0.693. The van der Waals surface area contributed by atoms with Gasteiger partial charge in [-0.05, 0) is 41.7 Å². The Kier molecular flexibility index (Phi) is 6.86. The lowest BCUT2D eigenvalue weighted by Crippen LogP contribution is -2.27. The van der Waals surface area contributed by atoms with Gasteiger partial charge in [0.15, 0.2) is 10.6 Å². The maximum absolute atomic E-state index is 14.3. The summed E-state index contributed by atoms with van der Waals surface area (Å²) in [4.78, 5) is 19.1. The summed E-state index contributed by atoms with van der Waals surface area (Å²) >= 11 is 1.42. The largest absolute Gasteiger partial charge is 0.343 e. The van der Waals surface area contributed by atoms with E-state index in [1.165, 1.54) is 23.5 Å². The number of carbonyl (C=O) groups excluding carboxylic acids is 1. The molecule has 4 aromatic rings. The van der Waals surface area contributed by atoms with Crippen LogP contribution in [-0.2, 0) is 11.3 Å². The molecule has 0 unspecified atom stereocenters. The van der Waals surface area contributed by atoms with Crippen LogP contribution in [0.2, 0.25) is 0 Å². The first-order chi connectivity index (χ1) is 17.1. The summed E-state index contributed by atoms with van der Waals surface area (Å²) in [6.07, 6.45) is 2.29. The number of rotatable bonds is 7. The third kappa shape index (κ3) is 5.25. The molecular formula is C28H25F2N3OS. The number of aromatic nitrogens is 1. The van der Waals surface area contributed by atoms with E-state index in [-0.39, 0.29) is 11.6 Å². The normalized spacial score (nSPS) is 14.2. The van der Waals surface area contributed by atoms with Crippen molar-refractivity contribution in [1.29, 1.82) is 0 Å². The van der Waals surface area contributed by atoms with E-state index < -0.39 is 11.6 Å². The summed E-state index contributed by atoms with van der Waals surface area (Å²) in [5.41, 5.74) is 4.38. The summed E-state index contributed by atoms with van der Waals surface area (Å²) < 4.78 is 29.8. The average Bonchev–Trinajstić information content (AvgIpc) is 3.47. The molecule has 0 atom stereocenters. The van der Waals surface area contributed by atoms with E-state index in [4.69, 9.17) is 0 Å². The monoisotopic (exact) mass is 489 g/mol. The van der Waals surface area contributed by atoms with Crippen LogP contribution in [0.1, 0.15) is 19.3 Å². The predicted octanol–water partition coefficient (Wildman–Crippen LogP) is 6.41. The van der Waals surface area contributed by atoms with Crippen molar-refractivity contribution in [3.8, 4) is 22.4 Å². The molecule has 0 N–H and O–H groups in total. The predicted molar refractivity (Wildman–Crippen MR) is 135 cm³/mol. The molecule has 4 nitrogen and oxygen atoms in total. The van der Waals surface area contributed by atoms with Gasteiger partial charge in [-0.25, -0.2) is 13.8 Å². The number of carbonyl (C=O) groups is 1. The van der Waals surface area contributed by atoms with E-state index in [1.807, 2.05) is 28.5 Å². The van der Waals surface area contributed by atoms with Gasteiger partial charge < -0.3 is 9.47 Å². The second-order valence-electron chi connectivity index (χ2n) is 8.54. The smallest absolute Gasteiger partial charge is 0.222 e. The molecule has 0 aliphatic carbocycles. The highest BCUT2D eigenvalue weighted by Gasteiger charge is 2.19. The first kappa shape index (κ1) is 23.2. The molecule has 7 heteroatoms. The maximum atomic E-state index is 14.3. The molecule has 35 heavy (non-hydrogen) atoms. The fourth-order valence-corrected chi connectivity index (χ4v) is 5.31. The molecule has 1 aliphatic rings. The van der Waals surface area contributed by atoms with Crippen LogP contribution in [0.4, 0.5) is 14.5 Å². The fourth-order valence-electron chi connectivity index (χ4n) is 4.36. The zero-order valence-electron chi connectivity index (χ0n) is 19.2. The van der Waals surface area contributed by atoms with Gasteiger partial charge in [0.1, 0.15) is 11.5 Å². The summed E-state index contributed by atoms with van der Waals surface area (Å²) in [5.74, 6) is -1.12. The van der Waals surface area contributed by atoms with Crippen LogP contribution in [-0.4, -0.2) is 28.5 Å². The Hall–Kier alpha value is -3.58. The van der Waals surface area contributed by atoms with Crippen LogP contribution < -0.4 is 4.80 Å². The number of amides is 1. The quantitative estimate of drug-likeness (QED) is 0.296. The van der Waals surface area contributed by atoms with E-state index in [0.29, 0.717) is 24.3 Å². The molecule has 1 saturated heterocycles. The summed E-state index contributed by atoms with van der Waals surface area (Å²) in [6, 6.07) is 21.9. The number of likely N-dealkylation sites (tertiary alicyclic amines) is 1. The number of thiazole rings is 1. The van der Waals surface area contributed by atoms with Gasteiger partial charge in [-0.1, -0.05) is 54.6 Å². The number of nitrogens with zero attached hydrogens (tertiary/aromatic N) is 3. The van der Waals surface area contributed by atoms with E-state index >= 15 is 0 Å². The first-order valence-electron chi connectivity index (χ1n) is 11.7. The van der Waals surface area contributed by atoms with E-state index in [1.54, 1.807) is 0 Å². The topological polar surface area (TPSA) is 37.6 Å². The molecule has 1 aliphatic heterocycles. The lowest BCUT2D eigenvalue weighted by atomic mass is 10.0. The van der Waals surface area contributed by atoms with Crippen molar-refractivity contribution in [2.45, 2.75) is 25.8 Å². The average molecular weight is 490 g/mol. The standard InChI is InChI=1S/C28H25F2N3OS/c29-23-13-14-25(24(30)18-23)31-28-33(17-5-16-32-15-4-8-27(32)34)26(19-35-28)22-11-9-21(10-12-22)20-6-2-1-3-7-20/h1-3,6-7,9-14,18-19H,4-5,8,15-17H2. The Bertz CT molecular complexity index is 1390. The molecule has 5 rings (SSSR count). The number of benzene rings is 3. The molecule has 2 heterocycles. The van der Waals surface area contributed by atoms with Crippen molar-refractivity contribution in [2.24, 2.45) is 4.99 Å². The minimum Gasteiger partial charge on any atom is -0.343 e. The Morgan fingerprint density at radius 1 is 0.886 bits per heavy atom. The van der Waals surface area contributed by atoms with Gasteiger partial charge in [0, 0.05) is 37.5 Å². The molecule has 0 bridgehead atoms. The summed E-state index contributed by atoms with van der Waals surface area (Å²) in [6.45, 7) is 2.11. The zero-order valence-corrected chi connectivity index (χ0v) is 20.0. The third-order valence-corrected chi connectivity index (χ3v) is 7.06. The first-order valence-corrected chi connectivity index (χ1v) is 12.6. The van der Waals surface area contributed by atoms with Gasteiger partial charge in [-0.15, -0.1) is 11.3 Å². The molecule has 3 aromatic carbocycles. The third-order valence-electron chi connectivity index (χ3n) is 6.19. The van der Waals surface area contributed by atoms with E-state index in [0.717, 1.165) is 47.8 Å². The van der Waals surface area contributed by atoms with Crippen molar-refractivity contribution >= 4 is 22.9 Å². The fraction of sp³-hybridized carbons (Fsp3) is 0.214. The molecule has 0 saturated carbocycles. The molecule has 1 fully saturated rings. The molecular weight excluding hydrogens is 464 g/mol. The van der Waals surface area contributed by atoms with Crippen LogP contribution in [0.3, 0.4) is 0 Å². The van der Waals surface area contributed by atoms with Crippen LogP contribution in [0.15, 0.2) is 83.2 Å². The lowest BCUT2D eigenvalue weighted by molar-refractivity contribution is -0.127. The number of halogens is 2. The Labute approximate surface area is 206 Å². The highest BCUT2D eigenvalue weighted by Crippen LogP contribution is 2.26. The summed E-state index contributed by atoms with van der Waals surface area (Å²) in [5, 5.41) is 2.01. The zero-order chi connectivity index (χ0) is 24.2. The van der Waals surface area contributed by atoms with Gasteiger partial charge in [-0.3, -0.25) is 4.79 Å². The van der Waals surface area contributed by atoms with Crippen molar-refractivity contribution < 1.29 is 13.6 Å². The van der Waals surface area contributed by atoms with E-state index in [9.17, 15) is 13.6 Å². The Balaban J connectivity index is 1.48. The van der Waals surface area contributed by atoms with Crippen LogP contribution in [0.5, 0.6) is 0 Å².